The monoisotopic (exact) mass is 504 g/mol. The average molecular weight is 505 g/mol. The molecule has 4 bridgehead atoms. The van der Waals surface area contributed by atoms with E-state index in [1.807, 2.05) is 0 Å². The van der Waals surface area contributed by atoms with Gasteiger partial charge in [-0.2, -0.15) is 0 Å². The highest BCUT2D eigenvalue weighted by Crippen LogP contribution is 2.26. The number of carbonyl (C=O) groups excluding carboxylic acids is 4. The maximum atomic E-state index is 14.5. The van der Waals surface area contributed by atoms with E-state index in [4.69, 9.17) is 9.47 Å². The number of hydrazine groups is 1. The molecule has 11 heteroatoms. The smallest absolute Gasteiger partial charge is 0.325 e. The van der Waals surface area contributed by atoms with Crippen LogP contribution >= 0.6 is 0 Å². The topological polar surface area (TPSA) is 126 Å². The van der Waals surface area contributed by atoms with Gasteiger partial charge in [0.2, 0.25) is 11.8 Å². The number of allylic oxidation sites excluding steroid dienone is 1. The van der Waals surface area contributed by atoms with Crippen molar-refractivity contribution in [2.75, 3.05) is 19.7 Å². The van der Waals surface area contributed by atoms with E-state index in [2.05, 4.69) is 16.1 Å². The Hall–Kier alpha value is -3.47. The van der Waals surface area contributed by atoms with E-state index in [9.17, 15) is 23.6 Å². The SMILES string of the molecule is CC1CC=CCOc2ccc(F)c(c2)C(C)OC(=O)C2CCCN(N2)C(=O)C(C)NC(=O)CNC1=O. The van der Waals surface area contributed by atoms with Crippen LogP contribution in [0, 0.1) is 11.7 Å². The fourth-order valence-corrected chi connectivity index (χ4v) is 3.91. The Morgan fingerprint density at radius 1 is 1.08 bits per heavy atom. The van der Waals surface area contributed by atoms with Gasteiger partial charge in [-0.05, 0) is 51.3 Å². The minimum atomic E-state index is -0.889. The molecule has 3 rings (SSSR count). The van der Waals surface area contributed by atoms with Crippen LogP contribution in [0.5, 0.6) is 5.75 Å². The van der Waals surface area contributed by atoms with Crippen molar-refractivity contribution in [1.82, 2.24) is 21.1 Å². The van der Waals surface area contributed by atoms with E-state index in [-0.39, 0.29) is 30.5 Å². The number of esters is 1. The normalized spacial score (nSPS) is 27.1. The summed E-state index contributed by atoms with van der Waals surface area (Å²) in [4.78, 5) is 50.2. The van der Waals surface area contributed by atoms with Gasteiger partial charge in [-0.1, -0.05) is 19.1 Å². The summed E-state index contributed by atoms with van der Waals surface area (Å²) in [5, 5.41) is 6.40. The number of halogens is 1. The van der Waals surface area contributed by atoms with E-state index in [1.54, 1.807) is 26.0 Å². The molecule has 1 saturated heterocycles. The van der Waals surface area contributed by atoms with Gasteiger partial charge >= 0.3 is 5.97 Å². The zero-order chi connectivity index (χ0) is 26.2. The van der Waals surface area contributed by atoms with Gasteiger partial charge in [0.25, 0.3) is 5.91 Å². The standard InChI is InChI=1S/C25H33FN4O6/c1-15-7-4-5-12-35-18-9-10-20(26)19(13-18)17(3)36-25(34)21-8-6-11-30(29-21)24(33)16(2)28-22(31)14-27-23(15)32/h4-5,9-10,13,15-17,21,29H,6-8,11-12,14H2,1-3H3,(H,27,32)(H,28,31). The third-order valence-electron chi connectivity index (χ3n) is 6.06. The fraction of sp³-hybridized carbons (Fsp3) is 0.520. The van der Waals surface area contributed by atoms with Crippen molar-refractivity contribution in [2.24, 2.45) is 5.92 Å². The average Bonchev–Trinajstić information content (AvgIpc) is 2.86. The molecule has 3 amide bonds. The molecule has 0 radical (unpaired) electrons. The van der Waals surface area contributed by atoms with Gasteiger partial charge in [0, 0.05) is 18.0 Å². The Morgan fingerprint density at radius 3 is 2.64 bits per heavy atom. The lowest BCUT2D eigenvalue weighted by atomic mass is 10.1. The third-order valence-corrected chi connectivity index (χ3v) is 6.06. The highest BCUT2D eigenvalue weighted by atomic mass is 19.1. The first-order valence-electron chi connectivity index (χ1n) is 12.1. The summed E-state index contributed by atoms with van der Waals surface area (Å²) in [5.74, 6) is -2.38. The predicted molar refractivity (Wildman–Crippen MR) is 128 cm³/mol. The molecule has 1 aromatic carbocycles. The number of nitrogens with zero attached hydrogens (tertiary/aromatic N) is 1. The molecule has 4 atom stereocenters. The van der Waals surface area contributed by atoms with Crippen molar-refractivity contribution < 1.29 is 33.0 Å². The largest absolute Gasteiger partial charge is 0.490 e. The summed E-state index contributed by atoms with van der Waals surface area (Å²) < 4.78 is 25.6. The van der Waals surface area contributed by atoms with E-state index in [0.717, 1.165) is 0 Å². The van der Waals surface area contributed by atoms with Crippen LogP contribution in [0.25, 0.3) is 0 Å². The van der Waals surface area contributed by atoms with E-state index >= 15 is 0 Å². The molecule has 196 valence electrons. The zero-order valence-corrected chi connectivity index (χ0v) is 20.7. The number of hydrogen-bond donors (Lipinski definition) is 3. The van der Waals surface area contributed by atoms with E-state index in [1.165, 1.54) is 30.1 Å². The van der Waals surface area contributed by atoms with Gasteiger partial charge in [-0.15, -0.1) is 0 Å². The summed E-state index contributed by atoms with van der Waals surface area (Å²) in [6.45, 7) is 5.10. The molecule has 0 saturated carbocycles. The molecular formula is C25H33FN4O6. The number of cyclic esters (lactones) is 1. The molecule has 36 heavy (non-hydrogen) atoms. The minimum absolute atomic E-state index is 0.164. The molecule has 2 aliphatic heterocycles. The minimum Gasteiger partial charge on any atom is -0.490 e. The second-order valence-electron chi connectivity index (χ2n) is 9.00. The summed E-state index contributed by atoms with van der Waals surface area (Å²) in [6.07, 6.45) is 4.02. The first kappa shape index (κ1) is 27.1. The van der Waals surface area contributed by atoms with Crippen LogP contribution in [0.4, 0.5) is 4.39 Å². The van der Waals surface area contributed by atoms with Crippen molar-refractivity contribution in [1.29, 1.82) is 0 Å². The lowest BCUT2D eigenvalue weighted by Crippen LogP contribution is -2.59. The van der Waals surface area contributed by atoms with Gasteiger partial charge in [0.1, 0.15) is 36.4 Å². The van der Waals surface area contributed by atoms with Crippen LogP contribution in [0.1, 0.15) is 51.7 Å². The number of nitrogens with one attached hydrogen (secondary N) is 3. The van der Waals surface area contributed by atoms with Crippen molar-refractivity contribution in [2.45, 2.75) is 58.2 Å². The van der Waals surface area contributed by atoms with Crippen LogP contribution in [0.3, 0.4) is 0 Å². The second-order valence-corrected chi connectivity index (χ2v) is 9.00. The van der Waals surface area contributed by atoms with Gasteiger partial charge in [0.15, 0.2) is 0 Å². The van der Waals surface area contributed by atoms with Crippen molar-refractivity contribution in [3.63, 3.8) is 0 Å². The molecule has 4 unspecified atom stereocenters. The highest BCUT2D eigenvalue weighted by molar-refractivity contribution is 5.90. The molecule has 0 aliphatic carbocycles. The van der Waals surface area contributed by atoms with Crippen molar-refractivity contribution in [3.05, 3.63) is 41.7 Å². The predicted octanol–water partition coefficient (Wildman–Crippen LogP) is 1.52. The van der Waals surface area contributed by atoms with Gasteiger partial charge in [0.05, 0.1) is 6.54 Å². The molecule has 10 nitrogen and oxygen atoms in total. The quantitative estimate of drug-likeness (QED) is 0.361. The first-order chi connectivity index (χ1) is 17.2. The molecule has 2 heterocycles. The molecule has 1 fully saturated rings. The molecule has 1 aromatic rings. The maximum Gasteiger partial charge on any atom is 0.325 e. The molecule has 3 N–H and O–H groups in total. The van der Waals surface area contributed by atoms with Crippen molar-refractivity contribution >= 4 is 23.7 Å². The Balaban J connectivity index is 1.79. The molecule has 0 spiro atoms. The van der Waals surface area contributed by atoms with Crippen LogP contribution in [0.15, 0.2) is 30.4 Å². The lowest BCUT2D eigenvalue weighted by molar-refractivity contribution is -0.157. The van der Waals surface area contributed by atoms with Gasteiger partial charge < -0.3 is 20.1 Å². The summed E-state index contributed by atoms with van der Waals surface area (Å²) in [7, 11) is 0. The Morgan fingerprint density at radius 2 is 1.86 bits per heavy atom. The number of benzene rings is 1. The number of carbonyl (C=O) groups is 4. The number of amides is 3. The number of hydrogen-bond acceptors (Lipinski definition) is 7. The highest BCUT2D eigenvalue weighted by Gasteiger charge is 2.32. The van der Waals surface area contributed by atoms with Crippen LogP contribution in [-0.4, -0.2) is 60.5 Å². The van der Waals surface area contributed by atoms with Crippen LogP contribution < -0.4 is 20.8 Å². The van der Waals surface area contributed by atoms with Crippen LogP contribution in [-0.2, 0) is 23.9 Å². The number of rotatable bonds is 0. The summed E-state index contributed by atoms with van der Waals surface area (Å²) in [6, 6.07) is 2.52. The lowest BCUT2D eigenvalue weighted by Gasteiger charge is -2.34. The Labute approximate surface area is 209 Å². The van der Waals surface area contributed by atoms with Crippen LogP contribution in [0.2, 0.25) is 0 Å². The van der Waals surface area contributed by atoms with E-state index in [0.29, 0.717) is 31.6 Å². The summed E-state index contributed by atoms with van der Waals surface area (Å²) >= 11 is 0. The fourth-order valence-electron chi connectivity index (χ4n) is 3.91. The zero-order valence-electron chi connectivity index (χ0n) is 20.7. The Bertz CT molecular complexity index is 1020. The number of ether oxygens (including phenoxy) is 2. The maximum absolute atomic E-state index is 14.5. The van der Waals surface area contributed by atoms with Crippen molar-refractivity contribution in [3.8, 4) is 5.75 Å². The second kappa shape index (κ2) is 12.5. The first-order valence-corrected chi connectivity index (χ1v) is 12.1. The Kier molecular flexibility index (Phi) is 9.40. The third kappa shape index (κ3) is 7.27. The molecular weight excluding hydrogens is 471 g/mol. The molecule has 2 aliphatic rings. The number of fused-ring (bicyclic) bond motifs is 4. The summed E-state index contributed by atoms with van der Waals surface area (Å²) in [5.41, 5.74) is 3.02. The van der Waals surface area contributed by atoms with E-state index < -0.39 is 41.8 Å². The van der Waals surface area contributed by atoms with Gasteiger partial charge in [-0.25, -0.2) is 9.82 Å². The van der Waals surface area contributed by atoms with Gasteiger partial charge in [-0.3, -0.25) is 24.2 Å². The molecule has 0 aromatic heterocycles.